The quantitative estimate of drug-likeness (QED) is 0.901. The highest BCUT2D eigenvalue weighted by Crippen LogP contribution is 2.26. The molecule has 1 heterocycles. The molecule has 4 nitrogen and oxygen atoms in total. The van der Waals surface area contributed by atoms with Gasteiger partial charge in [-0.05, 0) is 31.0 Å². The molecule has 0 amide bonds. The first-order chi connectivity index (χ1) is 9.10. The molecule has 0 saturated heterocycles. The second-order valence-corrected chi connectivity index (χ2v) is 4.41. The summed E-state index contributed by atoms with van der Waals surface area (Å²) in [4.78, 5) is 0. The summed E-state index contributed by atoms with van der Waals surface area (Å²) in [5.41, 5.74) is 0.520. The number of rotatable bonds is 5. The fourth-order valence-electron chi connectivity index (χ4n) is 1.74. The van der Waals surface area contributed by atoms with Gasteiger partial charge in [0.2, 0.25) is 0 Å². The minimum atomic E-state index is -0.698. The summed E-state index contributed by atoms with van der Waals surface area (Å²) in [6.07, 6.45) is 3.55. The molecule has 0 unspecified atom stereocenters. The molecule has 0 radical (unpaired) electrons. The Hall–Kier alpha value is -1.88. The second-order valence-electron chi connectivity index (χ2n) is 4.41. The Bertz CT molecular complexity index is 552. The zero-order chi connectivity index (χ0) is 13.8. The second kappa shape index (κ2) is 5.84. The van der Waals surface area contributed by atoms with Crippen molar-refractivity contribution in [2.24, 2.45) is 0 Å². The minimum absolute atomic E-state index is 0.125. The summed E-state index contributed by atoms with van der Waals surface area (Å²) in [6.45, 7) is 4.44. The molecule has 1 aromatic carbocycles. The van der Waals surface area contributed by atoms with Gasteiger partial charge in [0.1, 0.15) is 0 Å². The molecule has 1 aromatic heterocycles. The van der Waals surface area contributed by atoms with Crippen molar-refractivity contribution in [3.8, 4) is 11.5 Å². The van der Waals surface area contributed by atoms with Crippen LogP contribution in [0.3, 0.4) is 0 Å². The summed E-state index contributed by atoms with van der Waals surface area (Å²) >= 11 is 0. The molecular formula is C14H17FN2O2. The van der Waals surface area contributed by atoms with Gasteiger partial charge in [-0.2, -0.15) is 5.10 Å². The van der Waals surface area contributed by atoms with Gasteiger partial charge in [0, 0.05) is 6.54 Å². The molecule has 0 saturated carbocycles. The van der Waals surface area contributed by atoms with Gasteiger partial charge < -0.3 is 9.84 Å². The van der Waals surface area contributed by atoms with Crippen LogP contribution in [0.25, 0.3) is 0 Å². The molecule has 5 heteroatoms. The maximum atomic E-state index is 13.8. The highest BCUT2D eigenvalue weighted by Gasteiger charge is 2.09. The smallest absolute Gasteiger partial charge is 0.166 e. The summed E-state index contributed by atoms with van der Waals surface area (Å²) in [7, 11) is 0. The number of aryl methyl sites for hydroxylation is 1. The van der Waals surface area contributed by atoms with Crippen LogP contribution >= 0.6 is 0 Å². The molecule has 2 aromatic rings. The van der Waals surface area contributed by atoms with Crippen molar-refractivity contribution in [1.29, 1.82) is 0 Å². The predicted molar refractivity (Wildman–Crippen MR) is 69.6 cm³/mol. The van der Waals surface area contributed by atoms with E-state index in [2.05, 4.69) is 12.0 Å². The molecule has 1 atom stereocenters. The topological polar surface area (TPSA) is 47.3 Å². The van der Waals surface area contributed by atoms with E-state index in [4.69, 9.17) is 4.74 Å². The summed E-state index contributed by atoms with van der Waals surface area (Å²) < 4.78 is 21.0. The molecule has 0 fully saturated rings. The lowest BCUT2D eigenvalue weighted by Crippen LogP contribution is -1.96. The van der Waals surface area contributed by atoms with Crippen LogP contribution in [0.5, 0.6) is 11.5 Å². The molecule has 0 bridgehead atoms. The van der Waals surface area contributed by atoms with Crippen LogP contribution in [0, 0.1) is 5.82 Å². The molecular weight excluding hydrogens is 247 g/mol. The van der Waals surface area contributed by atoms with E-state index in [0.717, 1.165) is 13.0 Å². The first kappa shape index (κ1) is 13.5. The Morgan fingerprint density at radius 2 is 2.26 bits per heavy atom. The Balaban J connectivity index is 2.13. The van der Waals surface area contributed by atoms with Crippen molar-refractivity contribution in [3.05, 3.63) is 42.0 Å². The van der Waals surface area contributed by atoms with E-state index >= 15 is 0 Å². The number of benzene rings is 1. The van der Waals surface area contributed by atoms with E-state index in [-0.39, 0.29) is 5.75 Å². The SMILES string of the molecule is CCCn1cc(Oc2ccc([C@@H](C)O)cc2F)cn1. The summed E-state index contributed by atoms with van der Waals surface area (Å²) in [5.74, 6) is 0.124. The molecule has 0 spiro atoms. The number of aliphatic hydroxyl groups excluding tert-OH is 1. The van der Waals surface area contributed by atoms with Crippen molar-refractivity contribution in [1.82, 2.24) is 9.78 Å². The third kappa shape index (κ3) is 3.32. The van der Waals surface area contributed by atoms with E-state index in [0.29, 0.717) is 11.3 Å². The van der Waals surface area contributed by atoms with E-state index in [1.165, 1.54) is 12.1 Å². The van der Waals surface area contributed by atoms with Crippen LogP contribution in [-0.4, -0.2) is 14.9 Å². The van der Waals surface area contributed by atoms with Crippen molar-refractivity contribution in [2.75, 3.05) is 0 Å². The number of nitrogens with zero attached hydrogens (tertiary/aromatic N) is 2. The first-order valence-electron chi connectivity index (χ1n) is 6.28. The van der Waals surface area contributed by atoms with Crippen LogP contribution in [0.15, 0.2) is 30.6 Å². The van der Waals surface area contributed by atoms with Crippen LogP contribution < -0.4 is 4.74 Å². The molecule has 19 heavy (non-hydrogen) atoms. The Morgan fingerprint density at radius 1 is 1.47 bits per heavy atom. The lowest BCUT2D eigenvalue weighted by atomic mass is 10.1. The zero-order valence-electron chi connectivity index (χ0n) is 11.0. The van der Waals surface area contributed by atoms with Crippen LogP contribution in [0.2, 0.25) is 0 Å². The Kier molecular flexibility index (Phi) is 4.16. The van der Waals surface area contributed by atoms with Gasteiger partial charge in [-0.3, -0.25) is 4.68 Å². The number of hydrogen-bond acceptors (Lipinski definition) is 3. The largest absolute Gasteiger partial charge is 0.451 e. The lowest BCUT2D eigenvalue weighted by Gasteiger charge is -2.08. The van der Waals surface area contributed by atoms with Crippen molar-refractivity contribution in [3.63, 3.8) is 0 Å². The normalized spacial score (nSPS) is 12.4. The fraction of sp³-hybridized carbons (Fsp3) is 0.357. The average Bonchev–Trinajstić information content (AvgIpc) is 2.79. The van der Waals surface area contributed by atoms with Crippen LogP contribution in [0.4, 0.5) is 4.39 Å². The lowest BCUT2D eigenvalue weighted by molar-refractivity contribution is 0.198. The zero-order valence-corrected chi connectivity index (χ0v) is 11.0. The molecule has 0 aliphatic carbocycles. The molecule has 0 aliphatic rings. The van der Waals surface area contributed by atoms with Gasteiger partial charge >= 0.3 is 0 Å². The number of hydrogen-bond donors (Lipinski definition) is 1. The van der Waals surface area contributed by atoms with Gasteiger partial charge in [0.05, 0.1) is 18.5 Å². The maximum Gasteiger partial charge on any atom is 0.166 e. The van der Waals surface area contributed by atoms with Crippen molar-refractivity contribution < 1.29 is 14.2 Å². The van der Waals surface area contributed by atoms with E-state index in [1.807, 2.05) is 0 Å². The summed E-state index contributed by atoms with van der Waals surface area (Å²) in [5, 5.41) is 13.5. The molecule has 2 rings (SSSR count). The Morgan fingerprint density at radius 3 is 2.89 bits per heavy atom. The first-order valence-corrected chi connectivity index (χ1v) is 6.28. The van der Waals surface area contributed by atoms with E-state index in [1.54, 1.807) is 30.1 Å². The third-order valence-electron chi connectivity index (χ3n) is 2.73. The van der Waals surface area contributed by atoms with E-state index in [9.17, 15) is 9.50 Å². The van der Waals surface area contributed by atoms with Crippen LogP contribution in [-0.2, 0) is 6.54 Å². The monoisotopic (exact) mass is 264 g/mol. The standard InChI is InChI=1S/C14H17FN2O2/c1-3-6-17-9-12(8-16-17)19-14-5-4-11(10(2)18)7-13(14)15/h4-5,7-10,18H,3,6H2,1-2H3/t10-/m1/s1. The highest BCUT2D eigenvalue weighted by atomic mass is 19.1. The summed E-state index contributed by atoms with van der Waals surface area (Å²) in [6, 6.07) is 4.42. The maximum absolute atomic E-state index is 13.8. The van der Waals surface area contributed by atoms with Gasteiger partial charge in [-0.25, -0.2) is 4.39 Å². The molecule has 1 N–H and O–H groups in total. The Labute approximate surface area is 111 Å². The fourth-order valence-corrected chi connectivity index (χ4v) is 1.74. The minimum Gasteiger partial charge on any atom is -0.451 e. The predicted octanol–water partition coefficient (Wildman–Crippen LogP) is 3.28. The highest BCUT2D eigenvalue weighted by molar-refractivity contribution is 5.33. The molecule has 102 valence electrons. The molecule has 0 aliphatic heterocycles. The number of ether oxygens (including phenoxy) is 1. The number of aromatic nitrogens is 2. The van der Waals surface area contributed by atoms with Gasteiger partial charge in [0.15, 0.2) is 17.3 Å². The van der Waals surface area contributed by atoms with E-state index < -0.39 is 11.9 Å². The van der Waals surface area contributed by atoms with Crippen molar-refractivity contribution >= 4 is 0 Å². The number of halogens is 1. The van der Waals surface area contributed by atoms with Crippen LogP contribution in [0.1, 0.15) is 31.9 Å². The van der Waals surface area contributed by atoms with Gasteiger partial charge in [-0.1, -0.05) is 13.0 Å². The van der Waals surface area contributed by atoms with Gasteiger partial charge in [-0.15, -0.1) is 0 Å². The number of aliphatic hydroxyl groups is 1. The third-order valence-corrected chi connectivity index (χ3v) is 2.73. The van der Waals surface area contributed by atoms with Gasteiger partial charge in [0.25, 0.3) is 0 Å². The average molecular weight is 264 g/mol. The van der Waals surface area contributed by atoms with Crippen molar-refractivity contribution in [2.45, 2.75) is 32.9 Å².